The standard InChI is InChI=1S/C6H8N2O2S/c9-6(10)8-5-1-4(2-5)7-3-11/h4-5,8H,1-2H2,(H,9,10). The molecule has 0 spiro atoms. The van der Waals surface area contributed by atoms with Crippen LogP contribution in [-0.2, 0) is 0 Å². The highest BCUT2D eigenvalue weighted by Crippen LogP contribution is 2.22. The Balaban J connectivity index is 2.19. The number of hydrogen-bond donors (Lipinski definition) is 2. The largest absolute Gasteiger partial charge is 0.465 e. The van der Waals surface area contributed by atoms with Crippen molar-refractivity contribution in [3.63, 3.8) is 0 Å². The minimum atomic E-state index is -0.972. The first-order valence-corrected chi connectivity index (χ1v) is 3.69. The molecule has 0 aromatic rings. The summed E-state index contributed by atoms with van der Waals surface area (Å²) in [7, 11) is 0. The summed E-state index contributed by atoms with van der Waals surface area (Å²) in [5.74, 6) is 0. The molecule has 0 aromatic carbocycles. The van der Waals surface area contributed by atoms with Crippen molar-refractivity contribution in [3.8, 4) is 0 Å². The number of thiocarbonyl (C=S) groups is 1. The quantitative estimate of drug-likeness (QED) is 0.480. The monoisotopic (exact) mass is 172 g/mol. The van der Waals surface area contributed by atoms with E-state index in [-0.39, 0.29) is 12.1 Å². The molecule has 0 aromatic heterocycles. The number of nitrogens with one attached hydrogen (secondary N) is 1. The van der Waals surface area contributed by atoms with Gasteiger partial charge in [0.1, 0.15) is 0 Å². The molecule has 1 amide bonds. The summed E-state index contributed by atoms with van der Waals surface area (Å²) in [4.78, 5) is 13.9. The SMILES string of the molecule is O=C(O)NC1CC(N=C=S)C1. The highest BCUT2D eigenvalue weighted by atomic mass is 32.1. The fourth-order valence-electron chi connectivity index (χ4n) is 1.06. The third-order valence-corrected chi connectivity index (χ3v) is 1.78. The molecule has 0 saturated heterocycles. The van der Waals surface area contributed by atoms with Gasteiger partial charge in [0.15, 0.2) is 0 Å². The molecular formula is C6H8N2O2S. The second-order valence-electron chi connectivity index (χ2n) is 2.49. The van der Waals surface area contributed by atoms with E-state index in [1.807, 2.05) is 0 Å². The number of hydrogen-bond acceptors (Lipinski definition) is 3. The zero-order valence-electron chi connectivity index (χ0n) is 5.78. The predicted molar refractivity (Wildman–Crippen MR) is 43.0 cm³/mol. The second-order valence-corrected chi connectivity index (χ2v) is 2.67. The summed E-state index contributed by atoms with van der Waals surface area (Å²) in [6, 6.07) is 0.244. The van der Waals surface area contributed by atoms with E-state index in [0.29, 0.717) is 0 Å². The van der Waals surface area contributed by atoms with Gasteiger partial charge in [0.05, 0.1) is 11.2 Å². The fourth-order valence-corrected chi connectivity index (χ4v) is 1.21. The highest BCUT2D eigenvalue weighted by molar-refractivity contribution is 7.78. The molecule has 1 aliphatic rings. The van der Waals surface area contributed by atoms with Gasteiger partial charge in [0, 0.05) is 6.04 Å². The Morgan fingerprint density at radius 3 is 2.82 bits per heavy atom. The van der Waals surface area contributed by atoms with Crippen LogP contribution in [0.4, 0.5) is 4.79 Å². The molecule has 1 saturated carbocycles. The van der Waals surface area contributed by atoms with Crippen LogP contribution in [-0.4, -0.2) is 28.4 Å². The molecule has 0 bridgehead atoms. The number of amides is 1. The minimum Gasteiger partial charge on any atom is -0.465 e. The van der Waals surface area contributed by atoms with Gasteiger partial charge in [0.25, 0.3) is 0 Å². The molecule has 1 fully saturated rings. The maximum absolute atomic E-state index is 10.1. The number of carbonyl (C=O) groups is 1. The van der Waals surface area contributed by atoms with Crippen LogP contribution in [0.15, 0.2) is 4.99 Å². The molecule has 2 N–H and O–H groups in total. The zero-order valence-corrected chi connectivity index (χ0v) is 6.60. The number of isothiocyanates is 1. The van der Waals surface area contributed by atoms with Crippen molar-refractivity contribution in [2.75, 3.05) is 0 Å². The Labute approximate surface area is 69.3 Å². The van der Waals surface area contributed by atoms with E-state index in [1.165, 1.54) is 0 Å². The van der Waals surface area contributed by atoms with E-state index in [2.05, 4.69) is 27.7 Å². The molecule has 60 valence electrons. The molecule has 0 unspecified atom stereocenters. The molecule has 0 atom stereocenters. The van der Waals surface area contributed by atoms with Gasteiger partial charge < -0.3 is 10.4 Å². The first-order chi connectivity index (χ1) is 5.22. The Morgan fingerprint density at radius 1 is 1.73 bits per heavy atom. The highest BCUT2D eigenvalue weighted by Gasteiger charge is 2.29. The van der Waals surface area contributed by atoms with E-state index in [9.17, 15) is 4.79 Å². The molecule has 5 heteroatoms. The Kier molecular flexibility index (Phi) is 2.57. The third-order valence-electron chi connectivity index (χ3n) is 1.68. The summed E-state index contributed by atoms with van der Waals surface area (Å²) >= 11 is 4.40. The second kappa shape index (κ2) is 3.46. The van der Waals surface area contributed by atoms with Gasteiger partial charge in [-0.1, -0.05) is 0 Å². The average molecular weight is 172 g/mol. The van der Waals surface area contributed by atoms with Gasteiger partial charge in [-0.3, -0.25) is 0 Å². The van der Waals surface area contributed by atoms with Gasteiger partial charge in [-0.05, 0) is 25.1 Å². The first-order valence-electron chi connectivity index (χ1n) is 3.29. The van der Waals surface area contributed by atoms with Crippen molar-refractivity contribution in [3.05, 3.63) is 0 Å². The summed E-state index contributed by atoms with van der Waals surface area (Å²) < 4.78 is 0. The molecule has 0 aliphatic heterocycles. The summed E-state index contributed by atoms with van der Waals surface area (Å²) in [5.41, 5.74) is 0. The van der Waals surface area contributed by atoms with Crippen molar-refractivity contribution in [2.45, 2.75) is 24.9 Å². The lowest BCUT2D eigenvalue weighted by Crippen LogP contribution is -2.45. The van der Waals surface area contributed by atoms with Crippen LogP contribution in [0.25, 0.3) is 0 Å². The van der Waals surface area contributed by atoms with E-state index >= 15 is 0 Å². The van der Waals surface area contributed by atoms with Crippen LogP contribution < -0.4 is 5.32 Å². The Morgan fingerprint density at radius 2 is 2.36 bits per heavy atom. The van der Waals surface area contributed by atoms with E-state index in [4.69, 9.17) is 5.11 Å². The maximum atomic E-state index is 10.1. The lowest BCUT2D eigenvalue weighted by molar-refractivity contribution is 0.178. The Bertz CT molecular complexity index is 207. The fraction of sp³-hybridized carbons (Fsp3) is 0.667. The van der Waals surface area contributed by atoms with Gasteiger partial charge in [-0.15, -0.1) is 0 Å². The maximum Gasteiger partial charge on any atom is 0.404 e. The van der Waals surface area contributed by atoms with Crippen molar-refractivity contribution in [2.24, 2.45) is 4.99 Å². The number of aliphatic imine (C=N–C) groups is 1. The van der Waals surface area contributed by atoms with Crippen LogP contribution in [0.3, 0.4) is 0 Å². The van der Waals surface area contributed by atoms with Gasteiger partial charge in [0.2, 0.25) is 0 Å². The summed E-state index contributed by atoms with van der Waals surface area (Å²) in [6.45, 7) is 0. The molecule has 1 aliphatic carbocycles. The minimum absolute atomic E-state index is 0.0598. The molecule has 0 heterocycles. The van der Waals surface area contributed by atoms with E-state index in [1.54, 1.807) is 0 Å². The number of rotatable bonds is 2. The topological polar surface area (TPSA) is 61.7 Å². The van der Waals surface area contributed by atoms with Crippen LogP contribution in [0, 0.1) is 0 Å². The van der Waals surface area contributed by atoms with Crippen molar-refractivity contribution in [1.29, 1.82) is 0 Å². The molecular weight excluding hydrogens is 164 g/mol. The average Bonchev–Trinajstić information content (AvgIpc) is 1.82. The Hall–Kier alpha value is -0.930. The number of nitrogens with zero attached hydrogens (tertiary/aromatic N) is 1. The molecule has 4 nitrogen and oxygen atoms in total. The lowest BCUT2D eigenvalue weighted by atomic mass is 9.87. The lowest BCUT2D eigenvalue weighted by Gasteiger charge is -2.30. The van der Waals surface area contributed by atoms with Gasteiger partial charge >= 0.3 is 6.09 Å². The predicted octanol–water partition coefficient (Wildman–Crippen LogP) is 0.888. The van der Waals surface area contributed by atoms with Crippen LogP contribution >= 0.6 is 12.2 Å². The van der Waals surface area contributed by atoms with Crippen LogP contribution in [0.2, 0.25) is 0 Å². The molecule has 0 radical (unpaired) electrons. The first kappa shape index (κ1) is 8.17. The van der Waals surface area contributed by atoms with Crippen molar-refractivity contribution < 1.29 is 9.90 Å². The van der Waals surface area contributed by atoms with Crippen LogP contribution in [0.5, 0.6) is 0 Å². The van der Waals surface area contributed by atoms with E-state index in [0.717, 1.165) is 12.8 Å². The smallest absolute Gasteiger partial charge is 0.404 e. The van der Waals surface area contributed by atoms with Crippen molar-refractivity contribution >= 4 is 23.5 Å². The van der Waals surface area contributed by atoms with E-state index < -0.39 is 6.09 Å². The third kappa shape index (κ3) is 2.29. The normalized spacial score (nSPS) is 28.0. The number of carboxylic acid groups (broad SMARTS) is 1. The van der Waals surface area contributed by atoms with Crippen LogP contribution in [0.1, 0.15) is 12.8 Å². The van der Waals surface area contributed by atoms with Gasteiger partial charge in [-0.2, -0.15) is 0 Å². The summed E-state index contributed by atoms with van der Waals surface area (Å²) in [5, 5.41) is 12.9. The van der Waals surface area contributed by atoms with Gasteiger partial charge in [-0.25, -0.2) is 9.79 Å². The summed E-state index contributed by atoms with van der Waals surface area (Å²) in [6.07, 6.45) is 0.520. The van der Waals surface area contributed by atoms with Crippen molar-refractivity contribution in [1.82, 2.24) is 5.32 Å². The zero-order chi connectivity index (χ0) is 8.27. The molecule has 11 heavy (non-hydrogen) atoms. The molecule has 1 rings (SSSR count).